The molecule has 1 amide bonds. The number of benzene rings is 2. The van der Waals surface area contributed by atoms with E-state index in [0.29, 0.717) is 5.75 Å². The van der Waals surface area contributed by atoms with Gasteiger partial charge in [0, 0.05) is 5.69 Å². The molecule has 0 aliphatic heterocycles. The van der Waals surface area contributed by atoms with Gasteiger partial charge >= 0.3 is 0 Å². The fraction of sp³-hybridized carbons (Fsp3) is 0.235. The molecule has 0 saturated heterocycles. The van der Waals surface area contributed by atoms with E-state index in [1.165, 1.54) is 0 Å². The van der Waals surface area contributed by atoms with Crippen LogP contribution in [-0.4, -0.2) is 17.6 Å². The highest BCUT2D eigenvalue weighted by atomic mass is 16.5. The van der Waals surface area contributed by atoms with E-state index in [1.807, 2.05) is 43.3 Å². The number of aryl methyl sites for hydroxylation is 1. The first-order chi connectivity index (χ1) is 10.1. The zero-order valence-corrected chi connectivity index (χ0v) is 12.2. The molecular weight excluding hydrogens is 266 g/mol. The summed E-state index contributed by atoms with van der Waals surface area (Å²) in [5.74, 6) is 0.433. The van der Waals surface area contributed by atoms with Crippen LogP contribution in [0, 0.1) is 6.92 Å². The predicted octanol–water partition coefficient (Wildman–Crippen LogP) is 3.07. The molecule has 0 fully saturated rings. The minimum absolute atomic E-state index is 0.0518. The van der Waals surface area contributed by atoms with Crippen molar-refractivity contribution >= 4 is 11.6 Å². The second-order valence-corrected chi connectivity index (χ2v) is 4.90. The fourth-order valence-electron chi connectivity index (χ4n) is 1.96. The van der Waals surface area contributed by atoms with Gasteiger partial charge in [0.25, 0.3) is 5.91 Å². The molecule has 2 aromatic carbocycles. The quantitative estimate of drug-likeness (QED) is 0.887. The Balaban J connectivity index is 1.92. The van der Waals surface area contributed by atoms with Gasteiger partial charge < -0.3 is 15.2 Å². The third kappa shape index (κ3) is 4.33. The van der Waals surface area contributed by atoms with E-state index in [9.17, 15) is 9.90 Å². The third-order valence-electron chi connectivity index (χ3n) is 3.10. The number of hydrogen-bond acceptors (Lipinski definition) is 3. The van der Waals surface area contributed by atoms with Crippen LogP contribution in [0.25, 0.3) is 0 Å². The Morgan fingerprint density at radius 1 is 1.24 bits per heavy atom. The molecule has 1 atom stereocenters. The van der Waals surface area contributed by atoms with Crippen molar-refractivity contribution in [2.24, 2.45) is 0 Å². The number of hydrogen-bond donors (Lipinski definition) is 2. The molecule has 2 aromatic rings. The molecule has 0 aliphatic carbocycles. The highest BCUT2D eigenvalue weighted by Gasteiger charge is 2.07. The Hall–Kier alpha value is -2.33. The van der Waals surface area contributed by atoms with Gasteiger partial charge in [0.2, 0.25) is 0 Å². The molecule has 0 radical (unpaired) electrons. The molecule has 0 heterocycles. The summed E-state index contributed by atoms with van der Waals surface area (Å²) < 4.78 is 5.51. The van der Waals surface area contributed by atoms with E-state index in [2.05, 4.69) is 5.32 Å². The van der Waals surface area contributed by atoms with Gasteiger partial charge in [0.1, 0.15) is 5.75 Å². The summed E-state index contributed by atoms with van der Waals surface area (Å²) in [5.41, 5.74) is 2.46. The standard InChI is InChI=1S/C17H19NO3/c1-12-10-14(13(2)19)8-9-16(12)21-11-17(20)18-15-6-4-3-5-7-15/h3-10,13,19H,11H2,1-2H3,(H,18,20)/t13-/m0/s1. The van der Waals surface area contributed by atoms with Crippen LogP contribution in [0.1, 0.15) is 24.2 Å². The maximum absolute atomic E-state index is 11.8. The molecule has 2 rings (SSSR count). The van der Waals surface area contributed by atoms with Crippen LogP contribution in [0.15, 0.2) is 48.5 Å². The highest BCUT2D eigenvalue weighted by molar-refractivity contribution is 5.91. The molecule has 2 N–H and O–H groups in total. The molecule has 21 heavy (non-hydrogen) atoms. The van der Waals surface area contributed by atoms with Gasteiger partial charge in [-0.1, -0.05) is 24.3 Å². The molecule has 0 saturated carbocycles. The van der Waals surface area contributed by atoms with Gasteiger partial charge in [0.05, 0.1) is 6.10 Å². The predicted molar refractivity (Wildman–Crippen MR) is 82.4 cm³/mol. The Morgan fingerprint density at radius 2 is 1.95 bits per heavy atom. The number of rotatable bonds is 5. The Labute approximate surface area is 124 Å². The maximum Gasteiger partial charge on any atom is 0.262 e. The van der Waals surface area contributed by atoms with Gasteiger partial charge in [0.15, 0.2) is 6.61 Å². The Kier molecular flexibility index (Phi) is 4.95. The molecule has 4 nitrogen and oxygen atoms in total. The zero-order chi connectivity index (χ0) is 15.2. The van der Waals surface area contributed by atoms with E-state index >= 15 is 0 Å². The summed E-state index contributed by atoms with van der Waals surface area (Å²) in [6.07, 6.45) is -0.515. The molecule has 0 bridgehead atoms. The van der Waals surface area contributed by atoms with Crippen molar-refractivity contribution in [3.05, 3.63) is 59.7 Å². The zero-order valence-electron chi connectivity index (χ0n) is 12.2. The monoisotopic (exact) mass is 285 g/mol. The average molecular weight is 285 g/mol. The minimum atomic E-state index is -0.515. The largest absolute Gasteiger partial charge is 0.483 e. The minimum Gasteiger partial charge on any atom is -0.483 e. The fourth-order valence-corrected chi connectivity index (χ4v) is 1.96. The summed E-state index contributed by atoms with van der Waals surface area (Å²) in [5, 5.41) is 12.3. The van der Waals surface area contributed by atoms with E-state index in [-0.39, 0.29) is 12.5 Å². The average Bonchev–Trinajstić information content (AvgIpc) is 2.47. The topological polar surface area (TPSA) is 58.6 Å². The number of nitrogens with one attached hydrogen (secondary N) is 1. The van der Waals surface area contributed by atoms with Crippen LogP contribution >= 0.6 is 0 Å². The summed E-state index contributed by atoms with van der Waals surface area (Å²) in [6.45, 7) is 3.54. The number of carbonyl (C=O) groups excluding carboxylic acids is 1. The molecule has 0 spiro atoms. The molecule has 0 unspecified atom stereocenters. The second kappa shape index (κ2) is 6.90. The van der Waals surface area contributed by atoms with E-state index < -0.39 is 6.10 Å². The normalized spacial score (nSPS) is 11.8. The Bertz CT molecular complexity index is 609. The van der Waals surface area contributed by atoms with Crippen molar-refractivity contribution < 1.29 is 14.6 Å². The second-order valence-electron chi connectivity index (χ2n) is 4.90. The van der Waals surface area contributed by atoms with Crippen LogP contribution in [-0.2, 0) is 4.79 Å². The molecular formula is C17H19NO3. The van der Waals surface area contributed by atoms with Crippen molar-refractivity contribution in [2.45, 2.75) is 20.0 Å². The van der Waals surface area contributed by atoms with Gasteiger partial charge in [-0.3, -0.25) is 4.79 Å². The lowest BCUT2D eigenvalue weighted by molar-refractivity contribution is -0.118. The number of ether oxygens (including phenoxy) is 1. The van der Waals surface area contributed by atoms with Crippen LogP contribution in [0.4, 0.5) is 5.69 Å². The summed E-state index contributed by atoms with van der Waals surface area (Å²) in [4.78, 5) is 11.8. The first-order valence-corrected chi connectivity index (χ1v) is 6.82. The smallest absolute Gasteiger partial charge is 0.262 e. The number of amides is 1. The lowest BCUT2D eigenvalue weighted by Gasteiger charge is -2.12. The van der Waals surface area contributed by atoms with Crippen molar-refractivity contribution in [3.63, 3.8) is 0 Å². The van der Waals surface area contributed by atoms with Crippen molar-refractivity contribution in [3.8, 4) is 5.75 Å². The van der Waals surface area contributed by atoms with Gasteiger partial charge in [-0.2, -0.15) is 0 Å². The van der Waals surface area contributed by atoms with Crippen LogP contribution in [0.5, 0.6) is 5.75 Å². The first-order valence-electron chi connectivity index (χ1n) is 6.82. The summed E-state index contributed by atoms with van der Waals surface area (Å²) >= 11 is 0. The van der Waals surface area contributed by atoms with Crippen molar-refractivity contribution in [2.75, 3.05) is 11.9 Å². The molecule has 0 aromatic heterocycles. The van der Waals surface area contributed by atoms with Gasteiger partial charge in [-0.25, -0.2) is 0 Å². The number of carbonyl (C=O) groups is 1. The number of para-hydroxylation sites is 1. The van der Waals surface area contributed by atoms with Gasteiger partial charge in [-0.15, -0.1) is 0 Å². The first kappa shape index (κ1) is 15.1. The molecule has 110 valence electrons. The number of anilines is 1. The lowest BCUT2D eigenvalue weighted by Crippen LogP contribution is -2.20. The number of aliphatic hydroxyl groups excluding tert-OH is 1. The van der Waals surface area contributed by atoms with E-state index in [1.54, 1.807) is 19.1 Å². The SMILES string of the molecule is Cc1cc([C@H](C)O)ccc1OCC(=O)Nc1ccccc1. The van der Waals surface area contributed by atoms with Crippen molar-refractivity contribution in [1.29, 1.82) is 0 Å². The van der Waals surface area contributed by atoms with Crippen LogP contribution < -0.4 is 10.1 Å². The highest BCUT2D eigenvalue weighted by Crippen LogP contribution is 2.22. The third-order valence-corrected chi connectivity index (χ3v) is 3.10. The maximum atomic E-state index is 11.8. The summed E-state index contributed by atoms with van der Waals surface area (Å²) in [7, 11) is 0. The van der Waals surface area contributed by atoms with Crippen LogP contribution in [0.2, 0.25) is 0 Å². The van der Waals surface area contributed by atoms with E-state index in [4.69, 9.17) is 4.74 Å². The van der Waals surface area contributed by atoms with Crippen LogP contribution in [0.3, 0.4) is 0 Å². The van der Waals surface area contributed by atoms with E-state index in [0.717, 1.165) is 16.8 Å². The van der Waals surface area contributed by atoms with Crippen molar-refractivity contribution in [1.82, 2.24) is 0 Å². The summed E-state index contributed by atoms with van der Waals surface area (Å²) in [6, 6.07) is 14.7. The molecule has 0 aliphatic rings. The lowest BCUT2D eigenvalue weighted by atomic mass is 10.1. The molecule has 4 heteroatoms. The number of aliphatic hydroxyl groups is 1. The van der Waals surface area contributed by atoms with Gasteiger partial charge in [-0.05, 0) is 49.2 Å². The Morgan fingerprint density at radius 3 is 2.57 bits per heavy atom.